The lowest BCUT2D eigenvalue weighted by atomic mass is 9.96. The lowest BCUT2D eigenvalue weighted by Gasteiger charge is -2.27. The van der Waals surface area contributed by atoms with Crippen LogP contribution in [-0.4, -0.2) is 71.8 Å². The minimum Gasteiger partial charge on any atom is -0.494 e. The van der Waals surface area contributed by atoms with Crippen LogP contribution in [0.2, 0.25) is 0 Å². The molecular weight excluding hydrogens is 453 g/mol. The van der Waals surface area contributed by atoms with Gasteiger partial charge in [0.15, 0.2) is 11.6 Å². The predicted octanol–water partition coefficient (Wildman–Crippen LogP) is 2.94. The second-order valence-electron chi connectivity index (χ2n) is 9.19. The van der Waals surface area contributed by atoms with E-state index < -0.39 is 11.4 Å². The van der Waals surface area contributed by atoms with Crippen LogP contribution in [0.4, 0.5) is 9.18 Å². The number of para-hydroxylation sites is 1. The Bertz CT molecular complexity index is 1020. The van der Waals surface area contributed by atoms with Crippen molar-refractivity contribution in [3.8, 4) is 11.5 Å². The van der Waals surface area contributed by atoms with E-state index in [1.165, 1.54) is 11.0 Å². The SMILES string of the molecule is O=C1CN(CCCOc2ccc(CN3CCC[C@](O)(COc4ccccc4F)CC3)cc2)C(=O)N1. The number of likely N-dealkylation sites (tertiary alicyclic amines) is 1. The maximum atomic E-state index is 13.8. The monoisotopic (exact) mass is 485 g/mol. The zero-order chi connectivity index (χ0) is 24.7. The molecule has 8 nitrogen and oxygen atoms in total. The number of hydrogen-bond donors (Lipinski definition) is 2. The highest BCUT2D eigenvalue weighted by Gasteiger charge is 2.31. The van der Waals surface area contributed by atoms with E-state index in [4.69, 9.17) is 9.47 Å². The van der Waals surface area contributed by atoms with Gasteiger partial charge in [0.2, 0.25) is 5.91 Å². The van der Waals surface area contributed by atoms with Crippen LogP contribution in [0.25, 0.3) is 0 Å². The van der Waals surface area contributed by atoms with E-state index in [9.17, 15) is 19.1 Å². The number of urea groups is 1. The second-order valence-corrected chi connectivity index (χ2v) is 9.19. The van der Waals surface area contributed by atoms with E-state index in [2.05, 4.69) is 10.2 Å². The third kappa shape index (κ3) is 7.16. The van der Waals surface area contributed by atoms with Crippen molar-refractivity contribution in [3.05, 3.63) is 59.9 Å². The van der Waals surface area contributed by atoms with Crippen molar-refractivity contribution in [1.82, 2.24) is 15.1 Å². The van der Waals surface area contributed by atoms with E-state index >= 15 is 0 Å². The molecule has 0 aromatic heterocycles. The van der Waals surface area contributed by atoms with Crippen molar-refractivity contribution in [2.75, 3.05) is 39.4 Å². The Balaban J connectivity index is 1.18. The zero-order valence-electron chi connectivity index (χ0n) is 19.7. The standard InChI is InChI=1S/C26H32FN3O5/c27-22-5-1-2-6-23(22)35-19-26(33)11-3-13-29(15-12-26)17-20-7-9-21(10-8-20)34-16-4-14-30-18-24(31)28-25(30)32/h1-2,5-10,33H,3-4,11-19H2,(H,28,31,32)/t26-/m1/s1. The summed E-state index contributed by atoms with van der Waals surface area (Å²) in [4.78, 5) is 26.5. The summed E-state index contributed by atoms with van der Waals surface area (Å²) in [6.45, 7) is 3.48. The number of aliphatic hydroxyl groups is 1. The third-order valence-corrected chi connectivity index (χ3v) is 6.38. The molecule has 2 aromatic rings. The van der Waals surface area contributed by atoms with Crippen molar-refractivity contribution >= 4 is 11.9 Å². The zero-order valence-corrected chi connectivity index (χ0v) is 19.7. The van der Waals surface area contributed by atoms with Crippen molar-refractivity contribution in [2.24, 2.45) is 0 Å². The predicted molar refractivity (Wildman–Crippen MR) is 128 cm³/mol. The smallest absolute Gasteiger partial charge is 0.324 e. The van der Waals surface area contributed by atoms with Gasteiger partial charge < -0.3 is 19.5 Å². The molecule has 2 heterocycles. The van der Waals surface area contributed by atoms with Gasteiger partial charge in [0.05, 0.1) is 12.2 Å². The van der Waals surface area contributed by atoms with Gasteiger partial charge in [-0.2, -0.15) is 0 Å². The summed E-state index contributed by atoms with van der Waals surface area (Å²) < 4.78 is 25.2. The van der Waals surface area contributed by atoms with E-state index in [0.717, 1.165) is 37.4 Å². The number of imide groups is 1. The molecule has 188 valence electrons. The molecule has 35 heavy (non-hydrogen) atoms. The fourth-order valence-electron chi connectivity index (χ4n) is 4.37. The Morgan fingerprint density at radius 3 is 2.57 bits per heavy atom. The summed E-state index contributed by atoms with van der Waals surface area (Å²) in [6, 6.07) is 13.8. The highest BCUT2D eigenvalue weighted by atomic mass is 19.1. The largest absolute Gasteiger partial charge is 0.494 e. The molecule has 4 rings (SSSR count). The molecule has 0 spiro atoms. The molecular formula is C26H32FN3O5. The molecule has 0 radical (unpaired) electrons. The summed E-state index contributed by atoms with van der Waals surface area (Å²) in [6.07, 6.45) is 2.64. The number of benzene rings is 2. The molecule has 0 saturated carbocycles. The lowest BCUT2D eigenvalue weighted by molar-refractivity contribution is -0.118. The molecule has 2 aromatic carbocycles. The average Bonchev–Trinajstić information content (AvgIpc) is 3.05. The van der Waals surface area contributed by atoms with Crippen LogP contribution in [0.3, 0.4) is 0 Å². The van der Waals surface area contributed by atoms with Crippen LogP contribution < -0.4 is 14.8 Å². The first-order valence-corrected chi connectivity index (χ1v) is 12.0. The molecule has 2 saturated heterocycles. The first-order chi connectivity index (χ1) is 16.9. The third-order valence-electron chi connectivity index (χ3n) is 6.38. The number of ether oxygens (including phenoxy) is 2. The van der Waals surface area contributed by atoms with Crippen LogP contribution >= 0.6 is 0 Å². The Morgan fingerprint density at radius 2 is 1.83 bits per heavy atom. The van der Waals surface area contributed by atoms with Gasteiger partial charge in [-0.1, -0.05) is 24.3 Å². The topological polar surface area (TPSA) is 91.3 Å². The fraction of sp³-hybridized carbons (Fsp3) is 0.462. The summed E-state index contributed by atoms with van der Waals surface area (Å²) in [5.74, 6) is 0.234. The number of rotatable bonds is 10. The molecule has 2 aliphatic rings. The van der Waals surface area contributed by atoms with Gasteiger partial charge in [-0.05, 0) is 62.1 Å². The molecule has 2 aliphatic heterocycles. The highest BCUT2D eigenvalue weighted by molar-refractivity contribution is 6.01. The molecule has 0 unspecified atom stereocenters. The molecule has 9 heteroatoms. The van der Waals surface area contributed by atoms with Crippen molar-refractivity contribution in [2.45, 2.75) is 37.8 Å². The Hall–Kier alpha value is -3.17. The van der Waals surface area contributed by atoms with Gasteiger partial charge in [-0.15, -0.1) is 0 Å². The maximum absolute atomic E-state index is 13.8. The van der Waals surface area contributed by atoms with Gasteiger partial charge in [-0.25, -0.2) is 9.18 Å². The molecule has 0 bridgehead atoms. The van der Waals surface area contributed by atoms with E-state index in [0.29, 0.717) is 32.4 Å². The normalized spacial score (nSPS) is 21.0. The van der Waals surface area contributed by atoms with Crippen LogP contribution in [0.15, 0.2) is 48.5 Å². The first-order valence-electron chi connectivity index (χ1n) is 12.0. The van der Waals surface area contributed by atoms with Crippen LogP contribution in [0.1, 0.15) is 31.2 Å². The number of nitrogens with one attached hydrogen (secondary N) is 1. The summed E-state index contributed by atoms with van der Waals surface area (Å²) >= 11 is 0. The number of amides is 3. The van der Waals surface area contributed by atoms with Crippen LogP contribution in [-0.2, 0) is 11.3 Å². The number of carbonyl (C=O) groups is 2. The van der Waals surface area contributed by atoms with Crippen LogP contribution in [0, 0.1) is 5.82 Å². The molecule has 0 aliphatic carbocycles. The minimum absolute atomic E-state index is 0.0759. The highest BCUT2D eigenvalue weighted by Crippen LogP contribution is 2.26. The number of hydrogen-bond acceptors (Lipinski definition) is 6. The van der Waals surface area contributed by atoms with Crippen molar-refractivity contribution in [1.29, 1.82) is 0 Å². The molecule has 1 atom stereocenters. The second kappa shape index (κ2) is 11.5. The average molecular weight is 486 g/mol. The van der Waals surface area contributed by atoms with Gasteiger partial charge in [0, 0.05) is 19.6 Å². The van der Waals surface area contributed by atoms with Crippen molar-refractivity contribution in [3.63, 3.8) is 0 Å². The number of nitrogens with zero attached hydrogens (tertiary/aromatic N) is 2. The van der Waals surface area contributed by atoms with E-state index in [-0.39, 0.29) is 30.8 Å². The van der Waals surface area contributed by atoms with E-state index in [1.807, 2.05) is 24.3 Å². The first kappa shape index (κ1) is 24.9. The summed E-state index contributed by atoms with van der Waals surface area (Å²) in [7, 11) is 0. The van der Waals surface area contributed by atoms with E-state index in [1.54, 1.807) is 18.2 Å². The quantitative estimate of drug-likeness (QED) is 0.397. The number of carbonyl (C=O) groups excluding carboxylic acids is 2. The lowest BCUT2D eigenvalue weighted by Crippen LogP contribution is -2.37. The number of halogens is 1. The Kier molecular flexibility index (Phi) is 8.20. The molecule has 2 N–H and O–H groups in total. The Labute approximate surface area is 204 Å². The van der Waals surface area contributed by atoms with Gasteiger partial charge in [-0.3, -0.25) is 15.0 Å². The van der Waals surface area contributed by atoms with Gasteiger partial charge >= 0.3 is 6.03 Å². The summed E-state index contributed by atoms with van der Waals surface area (Å²) in [5, 5.41) is 13.2. The molecule has 2 fully saturated rings. The van der Waals surface area contributed by atoms with Crippen molar-refractivity contribution < 1.29 is 28.6 Å². The van der Waals surface area contributed by atoms with Gasteiger partial charge in [0.25, 0.3) is 0 Å². The molecule has 3 amide bonds. The Morgan fingerprint density at radius 1 is 1.03 bits per heavy atom. The van der Waals surface area contributed by atoms with Crippen LogP contribution in [0.5, 0.6) is 11.5 Å². The minimum atomic E-state index is -0.974. The fourth-order valence-corrected chi connectivity index (χ4v) is 4.37. The summed E-state index contributed by atoms with van der Waals surface area (Å²) in [5.41, 5.74) is 0.176. The van der Waals surface area contributed by atoms with Gasteiger partial charge in [0.1, 0.15) is 18.9 Å². The maximum Gasteiger partial charge on any atom is 0.324 e.